The van der Waals surface area contributed by atoms with E-state index < -0.39 is 6.04 Å². The van der Waals surface area contributed by atoms with Crippen LogP contribution in [0.4, 0.5) is 11.5 Å². The summed E-state index contributed by atoms with van der Waals surface area (Å²) in [4.78, 5) is 25.4. The Bertz CT molecular complexity index is 1170. The molecule has 4 rings (SSSR count). The van der Waals surface area contributed by atoms with E-state index in [-0.39, 0.29) is 18.2 Å². The van der Waals surface area contributed by atoms with Gasteiger partial charge in [-0.3, -0.25) is 9.59 Å². The molecule has 2 aromatic carbocycles. The predicted molar refractivity (Wildman–Crippen MR) is 120 cm³/mol. The summed E-state index contributed by atoms with van der Waals surface area (Å²) < 4.78 is 7.00. The summed E-state index contributed by atoms with van der Waals surface area (Å²) in [5.74, 6) is 0.897. The average molecular weight is 418 g/mol. The molecule has 1 atom stereocenters. The molecule has 0 saturated heterocycles. The first kappa shape index (κ1) is 20.7. The van der Waals surface area contributed by atoms with Crippen molar-refractivity contribution in [1.82, 2.24) is 9.78 Å². The molecule has 2 N–H and O–H groups in total. The zero-order valence-electron chi connectivity index (χ0n) is 18.2. The van der Waals surface area contributed by atoms with Gasteiger partial charge >= 0.3 is 0 Å². The third-order valence-electron chi connectivity index (χ3n) is 5.55. The zero-order valence-corrected chi connectivity index (χ0v) is 18.2. The number of rotatable bonds is 6. The van der Waals surface area contributed by atoms with Gasteiger partial charge in [0.25, 0.3) is 5.91 Å². The van der Waals surface area contributed by atoms with E-state index in [4.69, 9.17) is 4.74 Å². The Morgan fingerprint density at radius 3 is 2.74 bits per heavy atom. The number of benzene rings is 2. The van der Waals surface area contributed by atoms with Gasteiger partial charge in [0.05, 0.1) is 19.2 Å². The van der Waals surface area contributed by atoms with Crippen molar-refractivity contribution in [1.29, 1.82) is 0 Å². The summed E-state index contributed by atoms with van der Waals surface area (Å²) in [5, 5.41) is 10.5. The average Bonchev–Trinajstić information content (AvgIpc) is 3.25. The Morgan fingerprint density at radius 1 is 1.23 bits per heavy atom. The van der Waals surface area contributed by atoms with Gasteiger partial charge in [0.2, 0.25) is 5.91 Å². The monoisotopic (exact) mass is 418 g/mol. The maximum atomic E-state index is 12.7. The summed E-state index contributed by atoms with van der Waals surface area (Å²) in [6.07, 6.45) is 0.707. The first-order chi connectivity index (χ1) is 14.9. The number of hydrogen-bond acceptors (Lipinski definition) is 4. The highest BCUT2D eigenvalue weighted by molar-refractivity contribution is 6.04. The number of nitrogens with one attached hydrogen (secondary N) is 2. The van der Waals surface area contributed by atoms with Crippen LogP contribution in [-0.2, 0) is 16.0 Å². The van der Waals surface area contributed by atoms with Crippen LogP contribution >= 0.6 is 0 Å². The number of aromatic nitrogens is 2. The maximum Gasteiger partial charge on any atom is 0.251 e. The number of ether oxygens (including phenoxy) is 1. The summed E-state index contributed by atoms with van der Waals surface area (Å²) in [6, 6.07) is 12.8. The molecular formula is C24H26N4O3. The summed E-state index contributed by atoms with van der Waals surface area (Å²) in [7, 11) is 1.62. The lowest BCUT2D eigenvalue weighted by atomic mass is 10.0. The maximum absolute atomic E-state index is 12.7. The van der Waals surface area contributed by atoms with Crippen molar-refractivity contribution in [3.05, 3.63) is 59.3 Å². The van der Waals surface area contributed by atoms with Gasteiger partial charge in [0, 0.05) is 11.3 Å². The van der Waals surface area contributed by atoms with Crippen molar-refractivity contribution in [3.63, 3.8) is 0 Å². The van der Waals surface area contributed by atoms with Crippen molar-refractivity contribution in [2.45, 2.75) is 39.7 Å². The predicted octanol–water partition coefficient (Wildman–Crippen LogP) is 4.26. The van der Waals surface area contributed by atoms with E-state index >= 15 is 0 Å². The van der Waals surface area contributed by atoms with E-state index in [2.05, 4.69) is 15.7 Å². The second-order valence-electron chi connectivity index (χ2n) is 7.78. The van der Waals surface area contributed by atoms with Gasteiger partial charge in [0.15, 0.2) is 0 Å². The van der Waals surface area contributed by atoms with E-state index in [1.165, 1.54) is 0 Å². The normalized spacial score (nSPS) is 14.8. The highest BCUT2D eigenvalue weighted by Crippen LogP contribution is 2.39. The highest BCUT2D eigenvalue weighted by atomic mass is 16.5. The topological polar surface area (TPSA) is 85.2 Å². The van der Waals surface area contributed by atoms with Crippen LogP contribution in [0.1, 0.15) is 36.2 Å². The van der Waals surface area contributed by atoms with Gasteiger partial charge in [-0.15, -0.1) is 0 Å². The van der Waals surface area contributed by atoms with Crippen molar-refractivity contribution in [2.24, 2.45) is 0 Å². The summed E-state index contributed by atoms with van der Waals surface area (Å²) in [6.45, 7) is 5.97. The molecule has 7 heteroatoms. The van der Waals surface area contributed by atoms with Gasteiger partial charge < -0.3 is 15.4 Å². The Balaban J connectivity index is 1.62. The second-order valence-corrected chi connectivity index (χ2v) is 7.78. The van der Waals surface area contributed by atoms with Crippen LogP contribution < -0.4 is 15.4 Å². The molecule has 2 heterocycles. The molecule has 0 radical (unpaired) electrons. The number of nitrogens with zero attached hydrogens (tertiary/aromatic N) is 2. The number of fused-ring (bicyclic) bond motifs is 1. The standard InChI is InChI=1S/C24H26N4O3/c1-5-18-22(16-7-6-8-17(12-16)31-4)23-26-24(30)20(28(23)27-18)13-21(29)25-19-10-9-14(2)11-15(19)3/h6-12,20H,5,13H2,1-4H3,(H,25,29)(H,26,30). The molecule has 0 aliphatic carbocycles. The van der Waals surface area contributed by atoms with E-state index in [1.54, 1.807) is 11.8 Å². The molecule has 160 valence electrons. The molecule has 2 amide bonds. The summed E-state index contributed by atoms with van der Waals surface area (Å²) in [5.41, 5.74) is 5.51. The molecule has 0 fully saturated rings. The smallest absolute Gasteiger partial charge is 0.251 e. The molecular weight excluding hydrogens is 392 g/mol. The number of amides is 2. The Hall–Kier alpha value is -3.61. The van der Waals surface area contributed by atoms with Crippen molar-refractivity contribution >= 4 is 23.3 Å². The molecule has 1 aliphatic heterocycles. The number of anilines is 2. The van der Waals surface area contributed by atoms with Crippen molar-refractivity contribution < 1.29 is 14.3 Å². The Morgan fingerprint density at radius 2 is 2.03 bits per heavy atom. The van der Waals surface area contributed by atoms with Crippen LogP contribution in [0, 0.1) is 13.8 Å². The van der Waals surface area contributed by atoms with Crippen LogP contribution in [0.3, 0.4) is 0 Å². The lowest BCUT2D eigenvalue weighted by Crippen LogP contribution is -2.24. The fraction of sp³-hybridized carbons (Fsp3) is 0.292. The largest absolute Gasteiger partial charge is 0.497 e. The van der Waals surface area contributed by atoms with Crippen LogP contribution in [0.5, 0.6) is 5.75 Å². The van der Waals surface area contributed by atoms with Gasteiger partial charge in [-0.2, -0.15) is 5.10 Å². The minimum Gasteiger partial charge on any atom is -0.497 e. The van der Waals surface area contributed by atoms with E-state index in [0.717, 1.165) is 39.4 Å². The van der Waals surface area contributed by atoms with Gasteiger partial charge in [-0.25, -0.2) is 4.68 Å². The van der Waals surface area contributed by atoms with Crippen LogP contribution in [-0.4, -0.2) is 28.7 Å². The number of methoxy groups -OCH3 is 1. The van der Waals surface area contributed by atoms with Gasteiger partial charge in [-0.1, -0.05) is 36.8 Å². The van der Waals surface area contributed by atoms with Crippen LogP contribution in [0.25, 0.3) is 11.1 Å². The fourth-order valence-electron chi connectivity index (χ4n) is 3.98. The number of hydrogen-bond donors (Lipinski definition) is 2. The van der Waals surface area contributed by atoms with E-state index in [0.29, 0.717) is 12.2 Å². The number of carbonyl (C=O) groups excluding carboxylic acids is 2. The first-order valence-corrected chi connectivity index (χ1v) is 10.3. The van der Waals surface area contributed by atoms with Crippen molar-refractivity contribution in [2.75, 3.05) is 17.7 Å². The van der Waals surface area contributed by atoms with E-state index in [9.17, 15) is 9.59 Å². The number of aryl methyl sites for hydroxylation is 3. The quantitative estimate of drug-likeness (QED) is 0.626. The minimum atomic E-state index is -0.689. The molecule has 1 unspecified atom stereocenters. The third kappa shape index (κ3) is 3.91. The highest BCUT2D eigenvalue weighted by Gasteiger charge is 2.36. The van der Waals surface area contributed by atoms with Crippen LogP contribution in [0.2, 0.25) is 0 Å². The fourth-order valence-corrected chi connectivity index (χ4v) is 3.98. The lowest BCUT2D eigenvalue weighted by molar-refractivity contribution is -0.123. The van der Waals surface area contributed by atoms with E-state index in [1.807, 2.05) is 63.2 Å². The molecule has 31 heavy (non-hydrogen) atoms. The molecule has 1 aromatic heterocycles. The first-order valence-electron chi connectivity index (χ1n) is 10.3. The molecule has 0 saturated carbocycles. The molecule has 0 bridgehead atoms. The molecule has 0 spiro atoms. The van der Waals surface area contributed by atoms with Crippen LogP contribution in [0.15, 0.2) is 42.5 Å². The third-order valence-corrected chi connectivity index (χ3v) is 5.55. The van der Waals surface area contributed by atoms with Crippen molar-refractivity contribution in [3.8, 4) is 16.9 Å². The molecule has 1 aliphatic rings. The molecule has 7 nitrogen and oxygen atoms in total. The van der Waals surface area contributed by atoms with Gasteiger partial charge in [-0.05, 0) is 49.6 Å². The Labute approximate surface area is 181 Å². The lowest BCUT2D eigenvalue weighted by Gasteiger charge is -2.12. The SMILES string of the molecule is CCc1nn2c(c1-c1cccc(OC)c1)NC(=O)C2CC(=O)Nc1ccc(C)cc1C. The Kier molecular flexibility index (Phi) is 5.50. The minimum absolute atomic E-state index is 0.00847. The zero-order chi connectivity index (χ0) is 22.1. The summed E-state index contributed by atoms with van der Waals surface area (Å²) >= 11 is 0. The van der Waals surface area contributed by atoms with Gasteiger partial charge in [0.1, 0.15) is 17.6 Å². The molecule has 3 aromatic rings. The second kappa shape index (κ2) is 8.26. The number of carbonyl (C=O) groups is 2.